The third kappa shape index (κ3) is 3.26. The van der Waals surface area contributed by atoms with E-state index in [4.69, 9.17) is 5.73 Å². The summed E-state index contributed by atoms with van der Waals surface area (Å²) in [4.78, 5) is 13.6. The van der Waals surface area contributed by atoms with Crippen LogP contribution in [0.25, 0.3) is 0 Å². The lowest BCUT2D eigenvalue weighted by atomic mass is 10.1. The van der Waals surface area contributed by atoms with E-state index in [-0.39, 0.29) is 11.8 Å². The van der Waals surface area contributed by atoms with Crippen LogP contribution in [0.5, 0.6) is 0 Å². The first-order valence-electron chi connectivity index (χ1n) is 5.64. The summed E-state index contributed by atoms with van der Waals surface area (Å²) >= 11 is 0. The summed E-state index contributed by atoms with van der Waals surface area (Å²) in [6, 6.07) is 7.64. The molecule has 1 rings (SSSR count). The molecule has 16 heavy (non-hydrogen) atoms. The molecule has 1 aromatic carbocycles. The van der Waals surface area contributed by atoms with Gasteiger partial charge in [0.25, 0.3) is 0 Å². The fraction of sp³-hybridized carbons (Fsp3) is 0.462. The van der Waals surface area contributed by atoms with Crippen molar-refractivity contribution in [3.05, 3.63) is 29.8 Å². The summed E-state index contributed by atoms with van der Waals surface area (Å²) in [6.07, 6.45) is 0.875. The first-order chi connectivity index (χ1) is 7.54. The number of nitrogens with zero attached hydrogens (tertiary/aromatic N) is 1. The van der Waals surface area contributed by atoms with Crippen LogP contribution in [-0.2, 0) is 11.3 Å². The van der Waals surface area contributed by atoms with E-state index in [0.29, 0.717) is 6.54 Å². The van der Waals surface area contributed by atoms with Crippen LogP contribution in [0.1, 0.15) is 25.8 Å². The molecule has 2 N–H and O–H groups in total. The van der Waals surface area contributed by atoms with Gasteiger partial charge < -0.3 is 10.6 Å². The van der Waals surface area contributed by atoms with Crippen LogP contribution in [0.4, 0.5) is 5.69 Å². The average Bonchev–Trinajstić information content (AvgIpc) is 2.27. The van der Waals surface area contributed by atoms with Crippen molar-refractivity contribution in [3.8, 4) is 0 Å². The summed E-state index contributed by atoms with van der Waals surface area (Å²) in [5.41, 5.74) is 7.50. The average molecular weight is 220 g/mol. The zero-order valence-corrected chi connectivity index (χ0v) is 10.2. The Balaban J connectivity index is 2.64. The van der Waals surface area contributed by atoms with Crippen molar-refractivity contribution < 1.29 is 4.79 Å². The zero-order chi connectivity index (χ0) is 12.1. The molecule has 3 heteroatoms. The fourth-order valence-corrected chi connectivity index (χ4v) is 1.59. The maximum atomic E-state index is 11.9. The molecule has 1 atom stereocenters. The highest BCUT2D eigenvalue weighted by Crippen LogP contribution is 2.11. The predicted molar refractivity (Wildman–Crippen MR) is 66.8 cm³/mol. The van der Waals surface area contributed by atoms with Gasteiger partial charge in [-0.1, -0.05) is 26.0 Å². The molecule has 1 amide bonds. The van der Waals surface area contributed by atoms with Gasteiger partial charge >= 0.3 is 0 Å². The smallest absolute Gasteiger partial charge is 0.225 e. The zero-order valence-electron chi connectivity index (χ0n) is 10.2. The van der Waals surface area contributed by atoms with Crippen molar-refractivity contribution in [2.75, 3.05) is 12.8 Å². The highest BCUT2D eigenvalue weighted by molar-refractivity contribution is 5.78. The monoisotopic (exact) mass is 220 g/mol. The standard InChI is InChI=1S/C13H20N2O/c1-4-10(2)13(16)15(3)9-11-6-5-7-12(14)8-11/h5-8,10H,4,9,14H2,1-3H3. The van der Waals surface area contributed by atoms with Gasteiger partial charge in [0.05, 0.1) is 0 Å². The van der Waals surface area contributed by atoms with Crippen LogP contribution in [0.15, 0.2) is 24.3 Å². The minimum atomic E-state index is 0.0889. The van der Waals surface area contributed by atoms with Gasteiger partial charge in [0.1, 0.15) is 0 Å². The number of hydrogen-bond acceptors (Lipinski definition) is 2. The number of rotatable bonds is 4. The van der Waals surface area contributed by atoms with Crippen molar-refractivity contribution in [3.63, 3.8) is 0 Å². The second kappa shape index (κ2) is 5.54. The molecule has 3 nitrogen and oxygen atoms in total. The quantitative estimate of drug-likeness (QED) is 0.791. The van der Waals surface area contributed by atoms with Gasteiger partial charge in [-0.05, 0) is 24.1 Å². The molecule has 0 aliphatic carbocycles. The molecule has 0 heterocycles. The van der Waals surface area contributed by atoms with Gasteiger partial charge in [0.15, 0.2) is 0 Å². The topological polar surface area (TPSA) is 46.3 Å². The summed E-state index contributed by atoms with van der Waals surface area (Å²) in [6.45, 7) is 4.60. The third-order valence-electron chi connectivity index (χ3n) is 2.78. The van der Waals surface area contributed by atoms with E-state index in [0.717, 1.165) is 17.7 Å². The van der Waals surface area contributed by atoms with E-state index in [2.05, 4.69) is 0 Å². The molecule has 0 saturated heterocycles. The molecule has 1 unspecified atom stereocenters. The second-order valence-corrected chi connectivity index (χ2v) is 4.25. The summed E-state index contributed by atoms with van der Waals surface area (Å²) in [5.74, 6) is 0.274. The Bertz CT molecular complexity index is 363. The van der Waals surface area contributed by atoms with E-state index in [9.17, 15) is 4.79 Å². The Morgan fingerprint density at radius 1 is 1.50 bits per heavy atom. The van der Waals surface area contributed by atoms with Crippen molar-refractivity contribution in [1.82, 2.24) is 4.90 Å². The number of anilines is 1. The number of amides is 1. The molecule has 0 aromatic heterocycles. The molecule has 0 spiro atoms. The van der Waals surface area contributed by atoms with Crippen molar-refractivity contribution in [1.29, 1.82) is 0 Å². The van der Waals surface area contributed by atoms with Crippen LogP contribution in [0, 0.1) is 5.92 Å². The molecule has 0 radical (unpaired) electrons. The minimum Gasteiger partial charge on any atom is -0.399 e. The lowest BCUT2D eigenvalue weighted by molar-refractivity contribution is -0.134. The van der Waals surface area contributed by atoms with Crippen molar-refractivity contribution >= 4 is 11.6 Å². The first-order valence-corrected chi connectivity index (χ1v) is 5.64. The molecule has 88 valence electrons. The number of carbonyl (C=O) groups excluding carboxylic acids is 1. The lowest BCUT2D eigenvalue weighted by Crippen LogP contribution is -2.30. The number of hydrogen-bond donors (Lipinski definition) is 1. The predicted octanol–water partition coefficient (Wildman–Crippen LogP) is 2.27. The van der Waals surface area contributed by atoms with E-state index in [1.54, 1.807) is 4.90 Å². The van der Waals surface area contributed by atoms with E-state index >= 15 is 0 Å². The van der Waals surface area contributed by atoms with Gasteiger partial charge in [-0.3, -0.25) is 4.79 Å². The molecular formula is C13H20N2O. The third-order valence-corrected chi connectivity index (χ3v) is 2.78. The van der Waals surface area contributed by atoms with E-state index in [1.165, 1.54) is 0 Å². The van der Waals surface area contributed by atoms with Gasteiger partial charge in [0.2, 0.25) is 5.91 Å². The maximum Gasteiger partial charge on any atom is 0.225 e. The highest BCUT2D eigenvalue weighted by atomic mass is 16.2. The Morgan fingerprint density at radius 2 is 2.19 bits per heavy atom. The van der Waals surface area contributed by atoms with Gasteiger partial charge in [0, 0.05) is 25.2 Å². The van der Waals surface area contributed by atoms with Crippen LogP contribution in [0.3, 0.4) is 0 Å². The molecule has 0 aliphatic heterocycles. The van der Waals surface area contributed by atoms with Crippen molar-refractivity contribution in [2.45, 2.75) is 26.8 Å². The Kier molecular flexibility index (Phi) is 4.35. The number of nitrogen functional groups attached to an aromatic ring is 1. The minimum absolute atomic E-state index is 0.0889. The molecular weight excluding hydrogens is 200 g/mol. The molecule has 0 bridgehead atoms. The largest absolute Gasteiger partial charge is 0.399 e. The molecule has 0 saturated carbocycles. The highest BCUT2D eigenvalue weighted by Gasteiger charge is 2.15. The first kappa shape index (κ1) is 12.6. The molecule has 1 aromatic rings. The Labute approximate surface area is 97.2 Å². The van der Waals surface area contributed by atoms with Gasteiger partial charge in [-0.2, -0.15) is 0 Å². The second-order valence-electron chi connectivity index (χ2n) is 4.25. The van der Waals surface area contributed by atoms with Crippen molar-refractivity contribution in [2.24, 2.45) is 5.92 Å². The van der Waals surface area contributed by atoms with Crippen LogP contribution < -0.4 is 5.73 Å². The summed E-state index contributed by atoms with van der Waals surface area (Å²) in [7, 11) is 1.83. The van der Waals surface area contributed by atoms with Crippen LogP contribution in [-0.4, -0.2) is 17.9 Å². The normalized spacial score (nSPS) is 12.2. The molecule has 0 fully saturated rings. The maximum absolute atomic E-state index is 11.9. The fourth-order valence-electron chi connectivity index (χ4n) is 1.59. The Morgan fingerprint density at radius 3 is 2.75 bits per heavy atom. The number of carbonyl (C=O) groups is 1. The van der Waals surface area contributed by atoms with Gasteiger partial charge in [-0.25, -0.2) is 0 Å². The van der Waals surface area contributed by atoms with Crippen LogP contribution in [0.2, 0.25) is 0 Å². The summed E-state index contributed by atoms with van der Waals surface area (Å²) in [5, 5.41) is 0. The number of benzene rings is 1. The molecule has 0 aliphatic rings. The van der Waals surface area contributed by atoms with E-state index in [1.807, 2.05) is 45.2 Å². The number of nitrogens with two attached hydrogens (primary N) is 1. The Hall–Kier alpha value is -1.51. The SMILES string of the molecule is CCC(C)C(=O)N(C)Cc1cccc(N)c1. The van der Waals surface area contributed by atoms with E-state index < -0.39 is 0 Å². The lowest BCUT2D eigenvalue weighted by Gasteiger charge is -2.20. The van der Waals surface area contributed by atoms with Gasteiger partial charge in [-0.15, -0.1) is 0 Å². The van der Waals surface area contributed by atoms with Crippen LogP contribution >= 0.6 is 0 Å². The summed E-state index contributed by atoms with van der Waals surface area (Å²) < 4.78 is 0.